The molecule has 31 heavy (non-hydrogen) atoms. The largest absolute Gasteiger partial charge is 0.345 e. The van der Waals surface area contributed by atoms with Crippen LogP contribution in [0.1, 0.15) is 40.6 Å². The molecule has 0 radical (unpaired) electrons. The first-order valence-electron chi connectivity index (χ1n) is 10.5. The van der Waals surface area contributed by atoms with Crippen molar-refractivity contribution in [2.45, 2.75) is 37.6 Å². The van der Waals surface area contributed by atoms with E-state index in [9.17, 15) is 13.2 Å². The summed E-state index contributed by atoms with van der Waals surface area (Å²) in [5.74, 6) is 0.827. The molecule has 0 aliphatic carbocycles. The fraction of sp³-hybridized carbons (Fsp3) is 0.391. The third-order valence-corrected chi connectivity index (χ3v) is 7.88. The van der Waals surface area contributed by atoms with E-state index in [0.717, 1.165) is 35.3 Å². The third-order valence-electron chi connectivity index (χ3n) is 5.97. The molecule has 0 saturated carbocycles. The summed E-state index contributed by atoms with van der Waals surface area (Å²) in [5.41, 5.74) is 3.42. The molecule has 1 aliphatic rings. The highest BCUT2D eigenvalue weighted by Crippen LogP contribution is 2.31. The first-order chi connectivity index (χ1) is 14.7. The lowest BCUT2D eigenvalue weighted by atomic mass is 10.1. The molecule has 0 N–H and O–H groups in total. The lowest BCUT2D eigenvalue weighted by Crippen LogP contribution is -2.39. The molecule has 1 aliphatic heterocycles. The van der Waals surface area contributed by atoms with E-state index < -0.39 is 10.0 Å². The summed E-state index contributed by atoms with van der Waals surface area (Å²) >= 11 is 0. The Morgan fingerprint density at radius 3 is 2.29 bits per heavy atom. The molecule has 1 saturated heterocycles. The van der Waals surface area contributed by atoms with Crippen LogP contribution >= 0.6 is 0 Å². The van der Waals surface area contributed by atoms with Crippen molar-refractivity contribution < 1.29 is 13.2 Å². The molecule has 2 heterocycles. The van der Waals surface area contributed by atoms with E-state index in [1.54, 1.807) is 35.4 Å². The van der Waals surface area contributed by atoms with Crippen LogP contribution in [0.5, 0.6) is 0 Å². The molecule has 1 amide bonds. The molecule has 1 fully saturated rings. The molecule has 0 bridgehead atoms. The average Bonchev–Trinajstić information content (AvgIpc) is 3.08. The van der Waals surface area contributed by atoms with Gasteiger partial charge in [0.25, 0.3) is 5.91 Å². The molecule has 164 valence electrons. The maximum Gasteiger partial charge on any atom is 0.253 e. The molecular weight excluding hydrogens is 412 g/mol. The van der Waals surface area contributed by atoms with Crippen molar-refractivity contribution in [1.29, 1.82) is 0 Å². The van der Waals surface area contributed by atoms with Crippen LogP contribution in [0.15, 0.2) is 47.4 Å². The van der Waals surface area contributed by atoms with Gasteiger partial charge in [0.2, 0.25) is 10.0 Å². The number of nitrogens with zero attached hydrogens (tertiary/aromatic N) is 4. The molecule has 3 aromatic rings. The van der Waals surface area contributed by atoms with Crippen LogP contribution in [0, 0.1) is 13.8 Å². The lowest BCUT2D eigenvalue weighted by molar-refractivity contribution is 0.0827. The standard InChI is InChI=1S/C23H28N4O3S/c1-16-5-8-20(9-6-16)31(29,30)26-13-11-19(12-14-26)27-17(2)24-21-15-18(7-10-22(21)27)23(28)25(3)4/h5-10,15,19H,11-14H2,1-4H3. The number of imidazole rings is 1. The van der Waals surface area contributed by atoms with Crippen molar-refractivity contribution in [3.05, 3.63) is 59.4 Å². The number of benzene rings is 2. The van der Waals surface area contributed by atoms with Crippen molar-refractivity contribution in [2.24, 2.45) is 0 Å². The molecule has 2 aromatic carbocycles. The van der Waals surface area contributed by atoms with E-state index >= 15 is 0 Å². The quantitative estimate of drug-likeness (QED) is 0.623. The minimum Gasteiger partial charge on any atom is -0.345 e. The van der Waals surface area contributed by atoms with Gasteiger partial charge in [-0.2, -0.15) is 4.31 Å². The molecular formula is C23H28N4O3S. The van der Waals surface area contributed by atoms with E-state index in [2.05, 4.69) is 9.55 Å². The molecule has 0 atom stereocenters. The highest BCUT2D eigenvalue weighted by molar-refractivity contribution is 7.89. The van der Waals surface area contributed by atoms with E-state index in [0.29, 0.717) is 23.5 Å². The van der Waals surface area contributed by atoms with Crippen LogP contribution in [0.4, 0.5) is 0 Å². The van der Waals surface area contributed by atoms with Crippen molar-refractivity contribution >= 4 is 27.0 Å². The smallest absolute Gasteiger partial charge is 0.253 e. The zero-order valence-electron chi connectivity index (χ0n) is 18.4. The Labute approximate surface area is 183 Å². The van der Waals surface area contributed by atoms with Gasteiger partial charge in [-0.15, -0.1) is 0 Å². The fourth-order valence-corrected chi connectivity index (χ4v) is 5.74. The number of aryl methyl sites for hydroxylation is 2. The second-order valence-corrected chi connectivity index (χ2v) is 10.3. The van der Waals surface area contributed by atoms with Crippen LogP contribution in [0.3, 0.4) is 0 Å². The second-order valence-electron chi connectivity index (χ2n) is 8.38. The summed E-state index contributed by atoms with van der Waals surface area (Å²) < 4.78 is 29.8. The first kappa shape index (κ1) is 21.5. The zero-order chi connectivity index (χ0) is 22.3. The predicted molar refractivity (Wildman–Crippen MR) is 121 cm³/mol. The number of hydrogen-bond acceptors (Lipinski definition) is 4. The normalized spacial score (nSPS) is 16.0. The molecule has 7 nitrogen and oxygen atoms in total. The highest BCUT2D eigenvalue weighted by atomic mass is 32.2. The van der Waals surface area contributed by atoms with Gasteiger partial charge in [-0.1, -0.05) is 17.7 Å². The van der Waals surface area contributed by atoms with E-state index in [4.69, 9.17) is 0 Å². The summed E-state index contributed by atoms with van der Waals surface area (Å²) in [4.78, 5) is 18.8. The van der Waals surface area contributed by atoms with Crippen molar-refractivity contribution in [2.75, 3.05) is 27.2 Å². The number of rotatable bonds is 4. The Hall–Kier alpha value is -2.71. The SMILES string of the molecule is Cc1ccc(S(=O)(=O)N2CCC(n3c(C)nc4cc(C(=O)N(C)C)ccc43)CC2)cc1. The molecule has 0 spiro atoms. The maximum atomic E-state index is 13.0. The fourth-order valence-electron chi connectivity index (χ4n) is 4.27. The molecule has 4 rings (SSSR count). The lowest BCUT2D eigenvalue weighted by Gasteiger charge is -2.32. The Bertz CT molecular complexity index is 1220. The maximum absolute atomic E-state index is 13.0. The zero-order valence-corrected chi connectivity index (χ0v) is 19.2. The number of sulfonamides is 1. The second kappa shape index (κ2) is 8.09. The van der Waals surface area contributed by atoms with Gasteiger partial charge >= 0.3 is 0 Å². The Kier molecular flexibility index (Phi) is 5.61. The monoisotopic (exact) mass is 440 g/mol. The van der Waals surface area contributed by atoms with Crippen molar-refractivity contribution in [3.8, 4) is 0 Å². The van der Waals surface area contributed by atoms with Crippen LogP contribution < -0.4 is 0 Å². The number of carbonyl (C=O) groups excluding carboxylic acids is 1. The van der Waals surface area contributed by atoms with Gasteiger partial charge in [0.1, 0.15) is 5.82 Å². The number of amides is 1. The summed E-state index contributed by atoms with van der Waals surface area (Å²) in [6.07, 6.45) is 1.44. The van der Waals surface area contributed by atoms with E-state index in [-0.39, 0.29) is 11.9 Å². The minimum absolute atomic E-state index is 0.0521. The van der Waals surface area contributed by atoms with Gasteiger partial charge in [-0.05, 0) is 57.0 Å². The summed E-state index contributed by atoms with van der Waals surface area (Å²) in [7, 11) is -0.0187. The van der Waals surface area contributed by atoms with Gasteiger partial charge in [0.05, 0.1) is 15.9 Å². The summed E-state index contributed by atoms with van der Waals surface area (Å²) in [6, 6.07) is 12.8. The van der Waals surface area contributed by atoms with Gasteiger partial charge in [-0.3, -0.25) is 4.79 Å². The van der Waals surface area contributed by atoms with Gasteiger partial charge < -0.3 is 9.47 Å². The number of hydrogen-bond donors (Lipinski definition) is 0. The Balaban J connectivity index is 1.55. The number of piperidine rings is 1. The summed E-state index contributed by atoms with van der Waals surface area (Å²) in [5, 5.41) is 0. The van der Waals surface area contributed by atoms with Gasteiger partial charge in [-0.25, -0.2) is 13.4 Å². The van der Waals surface area contributed by atoms with Crippen LogP contribution in [-0.2, 0) is 10.0 Å². The van der Waals surface area contributed by atoms with Crippen LogP contribution in [0.2, 0.25) is 0 Å². The van der Waals surface area contributed by atoms with Gasteiger partial charge in [0, 0.05) is 38.8 Å². The molecule has 0 unspecified atom stereocenters. The van der Waals surface area contributed by atoms with Crippen molar-refractivity contribution in [1.82, 2.24) is 18.8 Å². The number of carbonyl (C=O) groups is 1. The van der Waals surface area contributed by atoms with Gasteiger partial charge in [0.15, 0.2) is 0 Å². The van der Waals surface area contributed by atoms with Crippen LogP contribution in [0.25, 0.3) is 11.0 Å². The molecule has 8 heteroatoms. The predicted octanol–water partition coefficient (Wildman–Crippen LogP) is 3.38. The topological polar surface area (TPSA) is 75.5 Å². The third kappa shape index (κ3) is 3.97. The highest BCUT2D eigenvalue weighted by Gasteiger charge is 2.31. The van der Waals surface area contributed by atoms with E-state index in [1.165, 1.54) is 0 Å². The minimum atomic E-state index is -3.48. The Morgan fingerprint density at radius 2 is 1.68 bits per heavy atom. The van der Waals surface area contributed by atoms with Crippen LogP contribution in [-0.4, -0.2) is 60.3 Å². The van der Waals surface area contributed by atoms with Crippen molar-refractivity contribution in [3.63, 3.8) is 0 Å². The van der Waals surface area contributed by atoms with E-state index in [1.807, 2.05) is 44.2 Å². The Morgan fingerprint density at radius 1 is 1.03 bits per heavy atom. The summed E-state index contributed by atoms with van der Waals surface area (Å²) in [6.45, 7) is 4.84. The number of aromatic nitrogens is 2. The molecule has 1 aromatic heterocycles. The average molecular weight is 441 g/mol. The number of fused-ring (bicyclic) bond motifs is 1. The first-order valence-corrected chi connectivity index (χ1v) is 11.9.